The van der Waals surface area contributed by atoms with Crippen LogP contribution in [0.3, 0.4) is 0 Å². The highest BCUT2D eigenvalue weighted by atomic mass is 19.3. The lowest BCUT2D eigenvalue weighted by molar-refractivity contribution is 0.0669. The van der Waals surface area contributed by atoms with Crippen molar-refractivity contribution in [3.8, 4) is 0 Å². The van der Waals surface area contributed by atoms with Crippen molar-refractivity contribution in [2.24, 2.45) is 5.41 Å². The Morgan fingerprint density at radius 1 is 1.18 bits per heavy atom. The Labute approximate surface area is 128 Å². The molecule has 1 heterocycles. The highest BCUT2D eigenvalue weighted by Crippen LogP contribution is 2.24. The molecule has 0 fully saturated rings. The van der Waals surface area contributed by atoms with E-state index < -0.39 is 6.55 Å². The highest BCUT2D eigenvalue weighted by molar-refractivity contribution is 5.46. The average molecular weight is 311 g/mol. The van der Waals surface area contributed by atoms with Crippen LogP contribution in [0.2, 0.25) is 0 Å². The molecule has 0 aliphatic heterocycles. The first kappa shape index (κ1) is 16.4. The van der Waals surface area contributed by atoms with Crippen LogP contribution in [0.15, 0.2) is 36.7 Å². The number of anilines is 1. The fraction of sp³-hybridized carbons (Fsp3) is 0.438. The van der Waals surface area contributed by atoms with Crippen LogP contribution in [0.25, 0.3) is 0 Å². The second-order valence-corrected chi connectivity index (χ2v) is 6.42. The maximum Gasteiger partial charge on any atom is 0.319 e. The Hall–Kier alpha value is -1.98. The second kappa shape index (κ2) is 6.42. The molecule has 0 bridgehead atoms. The third-order valence-corrected chi connectivity index (χ3v) is 3.15. The first-order valence-electron chi connectivity index (χ1n) is 7.07. The average Bonchev–Trinajstić information content (AvgIpc) is 2.85. The fourth-order valence-electron chi connectivity index (χ4n) is 2.28. The monoisotopic (exact) mass is 311 g/mol. The molecule has 6 heteroatoms. The van der Waals surface area contributed by atoms with Gasteiger partial charge >= 0.3 is 6.55 Å². The molecule has 0 atom stereocenters. The lowest BCUT2D eigenvalue weighted by Gasteiger charge is -2.31. The summed E-state index contributed by atoms with van der Waals surface area (Å²) in [5.41, 5.74) is 0.733. The van der Waals surface area contributed by atoms with Gasteiger partial charge in [-0.05, 0) is 29.7 Å². The van der Waals surface area contributed by atoms with Crippen molar-refractivity contribution in [3.05, 3.63) is 48.3 Å². The number of benzene rings is 1. The Balaban J connectivity index is 2.28. The molecule has 3 nitrogen and oxygen atoms in total. The van der Waals surface area contributed by atoms with Gasteiger partial charge in [-0.1, -0.05) is 20.8 Å². The van der Waals surface area contributed by atoms with E-state index in [2.05, 4.69) is 25.8 Å². The maximum absolute atomic E-state index is 13.1. The molecule has 0 N–H and O–H groups in total. The molecule has 0 saturated carbocycles. The molecule has 120 valence electrons. The van der Waals surface area contributed by atoms with Crippen molar-refractivity contribution in [3.63, 3.8) is 0 Å². The summed E-state index contributed by atoms with van der Waals surface area (Å²) in [6.45, 7) is 4.42. The van der Waals surface area contributed by atoms with Gasteiger partial charge in [-0.25, -0.2) is 9.37 Å². The van der Waals surface area contributed by atoms with Gasteiger partial charge in [0.15, 0.2) is 0 Å². The van der Waals surface area contributed by atoms with Crippen LogP contribution >= 0.6 is 0 Å². The fourth-order valence-corrected chi connectivity index (χ4v) is 2.28. The van der Waals surface area contributed by atoms with Crippen LogP contribution < -0.4 is 4.90 Å². The van der Waals surface area contributed by atoms with E-state index in [4.69, 9.17) is 0 Å². The summed E-state index contributed by atoms with van der Waals surface area (Å²) in [5.74, 6) is -0.0443. The van der Waals surface area contributed by atoms with Gasteiger partial charge in [0.2, 0.25) is 0 Å². The van der Waals surface area contributed by atoms with E-state index in [1.807, 2.05) is 4.90 Å². The minimum atomic E-state index is -2.62. The number of hydrogen-bond acceptors (Lipinski definition) is 2. The molecule has 2 aromatic rings. The number of alkyl halides is 2. The quantitative estimate of drug-likeness (QED) is 0.812. The summed E-state index contributed by atoms with van der Waals surface area (Å²) in [6.07, 6.45) is 2.63. The summed E-state index contributed by atoms with van der Waals surface area (Å²) in [7, 11) is 0. The molecule has 0 saturated heterocycles. The maximum atomic E-state index is 13.1. The third kappa shape index (κ3) is 4.26. The summed E-state index contributed by atoms with van der Waals surface area (Å²) in [4.78, 5) is 5.95. The van der Waals surface area contributed by atoms with E-state index in [0.29, 0.717) is 6.54 Å². The summed E-state index contributed by atoms with van der Waals surface area (Å²) >= 11 is 0. The molecular formula is C16H20F3N3. The lowest BCUT2D eigenvalue weighted by Crippen LogP contribution is -2.33. The van der Waals surface area contributed by atoms with E-state index in [9.17, 15) is 13.2 Å². The molecular weight excluding hydrogens is 291 g/mol. The smallest absolute Gasteiger partial charge is 0.319 e. The van der Waals surface area contributed by atoms with Gasteiger partial charge in [0.25, 0.3) is 0 Å². The van der Waals surface area contributed by atoms with Crippen LogP contribution in [-0.2, 0) is 6.54 Å². The van der Waals surface area contributed by atoms with Crippen molar-refractivity contribution >= 4 is 5.69 Å². The summed E-state index contributed by atoms with van der Waals surface area (Å²) in [6, 6.07) is 6.03. The van der Waals surface area contributed by atoms with E-state index >= 15 is 0 Å². The zero-order chi connectivity index (χ0) is 16.3. The van der Waals surface area contributed by atoms with E-state index in [1.54, 1.807) is 12.1 Å². The van der Waals surface area contributed by atoms with Crippen LogP contribution in [0.1, 0.15) is 33.1 Å². The standard InChI is InChI=1S/C16H20F3N3/c1-16(2,3)11-21(13-6-4-12(17)5-7-13)10-14-20-8-9-22(14)15(18)19/h4-9,15H,10-11H2,1-3H3. The van der Waals surface area contributed by atoms with Gasteiger partial charge in [0, 0.05) is 24.6 Å². The predicted molar refractivity (Wildman–Crippen MR) is 80.4 cm³/mol. The van der Waals surface area contributed by atoms with Crippen molar-refractivity contribution < 1.29 is 13.2 Å². The van der Waals surface area contributed by atoms with Gasteiger partial charge in [-0.15, -0.1) is 0 Å². The van der Waals surface area contributed by atoms with Crippen LogP contribution in [0, 0.1) is 11.2 Å². The zero-order valence-electron chi connectivity index (χ0n) is 12.9. The van der Waals surface area contributed by atoms with Crippen molar-refractivity contribution in [2.75, 3.05) is 11.4 Å². The highest BCUT2D eigenvalue weighted by Gasteiger charge is 2.20. The number of halogens is 3. The SMILES string of the molecule is CC(C)(C)CN(Cc1nccn1C(F)F)c1ccc(F)cc1. The Bertz CT molecular complexity index is 600. The molecule has 1 aromatic carbocycles. The Kier molecular flexibility index (Phi) is 4.78. The normalized spacial score (nSPS) is 12.0. The number of rotatable bonds is 5. The molecule has 2 rings (SSSR count). The number of aromatic nitrogens is 2. The second-order valence-electron chi connectivity index (χ2n) is 6.42. The molecule has 0 aliphatic carbocycles. The van der Waals surface area contributed by atoms with Crippen molar-refractivity contribution in [2.45, 2.75) is 33.9 Å². The van der Waals surface area contributed by atoms with Crippen LogP contribution in [-0.4, -0.2) is 16.1 Å². The van der Waals surface area contributed by atoms with Crippen LogP contribution in [0.4, 0.5) is 18.9 Å². The van der Waals surface area contributed by atoms with Gasteiger partial charge < -0.3 is 4.90 Å². The first-order valence-corrected chi connectivity index (χ1v) is 7.07. The molecule has 22 heavy (non-hydrogen) atoms. The number of imidazole rings is 1. The van der Waals surface area contributed by atoms with Crippen molar-refractivity contribution in [1.29, 1.82) is 0 Å². The molecule has 0 unspecified atom stereocenters. The van der Waals surface area contributed by atoms with Crippen molar-refractivity contribution in [1.82, 2.24) is 9.55 Å². The minimum Gasteiger partial charge on any atom is -0.364 e. The molecule has 0 amide bonds. The Morgan fingerprint density at radius 2 is 1.82 bits per heavy atom. The number of hydrogen-bond donors (Lipinski definition) is 0. The molecule has 0 spiro atoms. The number of nitrogens with zero attached hydrogens (tertiary/aromatic N) is 3. The van der Waals surface area contributed by atoms with Crippen LogP contribution in [0.5, 0.6) is 0 Å². The van der Waals surface area contributed by atoms with Gasteiger partial charge in [0.1, 0.15) is 11.6 Å². The Morgan fingerprint density at radius 3 is 2.36 bits per heavy atom. The van der Waals surface area contributed by atoms with Gasteiger partial charge in [-0.3, -0.25) is 4.57 Å². The lowest BCUT2D eigenvalue weighted by atomic mass is 9.95. The predicted octanol–water partition coefficient (Wildman–Crippen LogP) is 4.47. The minimum absolute atomic E-state index is 0.0450. The molecule has 0 radical (unpaired) electrons. The summed E-state index contributed by atoms with van der Waals surface area (Å²) < 4.78 is 39.9. The third-order valence-electron chi connectivity index (χ3n) is 3.15. The van der Waals surface area contributed by atoms with E-state index in [-0.39, 0.29) is 23.6 Å². The van der Waals surface area contributed by atoms with Gasteiger partial charge in [-0.2, -0.15) is 8.78 Å². The van der Waals surface area contributed by atoms with E-state index in [0.717, 1.165) is 10.3 Å². The van der Waals surface area contributed by atoms with E-state index in [1.165, 1.54) is 24.5 Å². The molecule has 0 aliphatic rings. The zero-order valence-corrected chi connectivity index (χ0v) is 12.9. The largest absolute Gasteiger partial charge is 0.364 e. The topological polar surface area (TPSA) is 21.1 Å². The first-order chi connectivity index (χ1) is 10.3. The molecule has 1 aromatic heterocycles. The van der Waals surface area contributed by atoms with Gasteiger partial charge in [0.05, 0.1) is 6.54 Å². The summed E-state index contributed by atoms with van der Waals surface area (Å²) in [5, 5.41) is 0.